The minimum absolute atomic E-state index is 0.104. The smallest absolute Gasteiger partial charge is 0.236 e. The van der Waals surface area contributed by atoms with Crippen LogP contribution in [0.2, 0.25) is 0 Å². The van der Waals surface area contributed by atoms with Gasteiger partial charge in [0, 0.05) is 6.54 Å². The number of hydrogen-bond acceptors (Lipinski definition) is 3. The molecule has 1 fully saturated rings. The molecule has 0 aromatic heterocycles. The van der Waals surface area contributed by atoms with Crippen molar-refractivity contribution in [2.45, 2.75) is 57.3 Å². The maximum absolute atomic E-state index is 12.2. The van der Waals surface area contributed by atoms with Crippen molar-refractivity contribution in [3.05, 3.63) is 0 Å². The van der Waals surface area contributed by atoms with Crippen molar-refractivity contribution < 1.29 is 14.3 Å². The molecule has 18 heavy (non-hydrogen) atoms. The summed E-state index contributed by atoms with van der Waals surface area (Å²) in [5.74, 6) is 0.131. The lowest BCUT2D eigenvalue weighted by Crippen LogP contribution is -2.42. The summed E-state index contributed by atoms with van der Waals surface area (Å²) >= 11 is 3.41. The Bertz CT molecular complexity index is 263. The zero-order valence-electron chi connectivity index (χ0n) is 11.5. The van der Waals surface area contributed by atoms with E-state index >= 15 is 0 Å². The van der Waals surface area contributed by atoms with Crippen LogP contribution in [0.25, 0.3) is 0 Å². The molecule has 0 bridgehead atoms. The molecule has 1 aliphatic heterocycles. The Morgan fingerprint density at radius 2 is 2.17 bits per heavy atom. The zero-order chi connectivity index (χ0) is 13.5. The van der Waals surface area contributed by atoms with Crippen LogP contribution in [-0.2, 0) is 14.3 Å². The number of ether oxygens (including phenoxy) is 2. The molecule has 0 aliphatic carbocycles. The molecule has 0 saturated carbocycles. The Morgan fingerprint density at radius 3 is 2.67 bits per heavy atom. The monoisotopic (exact) mass is 321 g/mol. The van der Waals surface area contributed by atoms with Gasteiger partial charge in [0.05, 0.1) is 24.1 Å². The third-order valence-corrected chi connectivity index (χ3v) is 4.11. The highest BCUT2D eigenvalue weighted by Crippen LogP contribution is 2.17. The molecule has 0 aromatic carbocycles. The van der Waals surface area contributed by atoms with E-state index in [0.717, 1.165) is 25.8 Å². The van der Waals surface area contributed by atoms with E-state index < -0.39 is 0 Å². The number of nitrogens with zero attached hydrogens (tertiary/aromatic N) is 1. The van der Waals surface area contributed by atoms with Gasteiger partial charge < -0.3 is 14.4 Å². The SMILES string of the molecule is CCCN(CC1OCC(CC)O1)C(=O)C(Br)CC. The lowest BCUT2D eigenvalue weighted by atomic mass is 10.2. The summed E-state index contributed by atoms with van der Waals surface area (Å²) in [5, 5.41) is 0. The van der Waals surface area contributed by atoms with Crippen LogP contribution >= 0.6 is 15.9 Å². The minimum Gasteiger partial charge on any atom is -0.348 e. The number of carbonyl (C=O) groups excluding carboxylic acids is 1. The Kier molecular flexibility index (Phi) is 7.19. The fourth-order valence-electron chi connectivity index (χ4n) is 1.93. The highest BCUT2D eigenvalue weighted by molar-refractivity contribution is 9.10. The van der Waals surface area contributed by atoms with E-state index in [9.17, 15) is 4.79 Å². The molecule has 1 rings (SSSR count). The van der Waals surface area contributed by atoms with Gasteiger partial charge in [-0.15, -0.1) is 0 Å². The lowest BCUT2D eigenvalue weighted by Gasteiger charge is -2.26. The average molecular weight is 322 g/mol. The number of amides is 1. The van der Waals surface area contributed by atoms with E-state index in [-0.39, 0.29) is 23.1 Å². The van der Waals surface area contributed by atoms with E-state index in [4.69, 9.17) is 9.47 Å². The molecule has 106 valence electrons. The van der Waals surface area contributed by atoms with Crippen molar-refractivity contribution >= 4 is 21.8 Å². The summed E-state index contributed by atoms with van der Waals surface area (Å²) in [6.45, 7) is 8.07. The largest absolute Gasteiger partial charge is 0.348 e. The molecule has 1 aliphatic rings. The molecule has 0 N–H and O–H groups in total. The summed E-state index contributed by atoms with van der Waals surface area (Å²) in [6, 6.07) is 0. The van der Waals surface area contributed by atoms with Crippen molar-refractivity contribution in [1.29, 1.82) is 0 Å². The van der Waals surface area contributed by atoms with Gasteiger partial charge in [-0.1, -0.05) is 36.7 Å². The van der Waals surface area contributed by atoms with E-state index in [0.29, 0.717) is 13.2 Å². The molecular weight excluding hydrogens is 298 g/mol. The first-order valence-electron chi connectivity index (χ1n) is 6.82. The van der Waals surface area contributed by atoms with E-state index in [2.05, 4.69) is 29.8 Å². The third-order valence-electron chi connectivity index (χ3n) is 3.07. The lowest BCUT2D eigenvalue weighted by molar-refractivity contribution is -0.137. The molecular formula is C13H24BrNO3. The van der Waals surface area contributed by atoms with Crippen LogP contribution in [0.1, 0.15) is 40.0 Å². The Labute approximate surface area is 118 Å². The van der Waals surface area contributed by atoms with E-state index in [1.807, 2.05) is 11.8 Å². The summed E-state index contributed by atoms with van der Waals surface area (Å²) in [6.07, 6.45) is 2.61. The van der Waals surface area contributed by atoms with Crippen molar-refractivity contribution in [3.63, 3.8) is 0 Å². The molecule has 1 heterocycles. The topological polar surface area (TPSA) is 38.8 Å². The second-order valence-corrected chi connectivity index (χ2v) is 5.69. The van der Waals surface area contributed by atoms with Crippen molar-refractivity contribution in [1.82, 2.24) is 4.90 Å². The summed E-state index contributed by atoms with van der Waals surface area (Å²) in [5.41, 5.74) is 0. The highest BCUT2D eigenvalue weighted by atomic mass is 79.9. The quantitative estimate of drug-likeness (QED) is 0.676. The van der Waals surface area contributed by atoms with Crippen LogP contribution in [-0.4, -0.2) is 47.7 Å². The van der Waals surface area contributed by atoms with E-state index in [1.165, 1.54) is 0 Å². The maximum atomic E-state index is 12.2. The zero-order valence-corrected chi connectivity index (χ0v) is 13.1. The van der Waals surface area contributed by atoms with Crippen LogP contribution < -0.4 is 0 Å². The predicted octanol–water partition coefficient (Wildman–Crippen LogP) is 2.55. The molecule has 1 amide bonds. The van der Waals surface area contributed by atoms with Gasteiger partial charge in [-0.2, -0.15) is 0 Å². The Morgan fingerprint density at radius 1 is 1.44 bits per heavy atom. The van der Waals surface area contributed by atoms with Gasteiger partial charge in [0.15, 0.2) is 6.29 Å². The summed E-state index contributed by atoms with van der Waals surface area (Å²) in [4.78, 5) is 13.9. The fourth-order valence-corrected chi connectivity index (χ4v) is 2.22. The second-order valence-electron chi connectivity index (χ2n) is 4.59. The first-order chi connectivity index (χ1) is 8.62. The van der Waals surface area contributed by atoms with Gasteiger partial charge in [-0.3, -0.25) is 4.79 Å². The first-order valence-corrected chi connectivity index (χ1v) is 7.73. The van der Waals surface area contributed by atoms with Crippen LogP contribution in [0.3, 0.4) is 0 Å². The first kappa shape index (κ1) is 15.9. The van der Waals surface area contributed by atoms with Crippen LogP contribution in [0.5, 0.6) is 0 Å². The maximum Gasteiger partial charge on any atom is 0.236 e. The van der Waals surface area contributed by atoms with Gasteiger partial charge in [-0.05, 0) is 19.3 Å². The molecule has 1 saturated heterocycles. The molecule has 3 atom stereocenters. The molecule has 4 nitrogen and oxygen atoms in total. The summed E-state index contributed by atoms with van der Waals surface area (Å²) < 4.78 is 11.3. The normalized spacial score (nSPS) is 25.1. The number of carbonyl (C=O) groups is 1. The number of alkyl halides is 1. The van der Waals surface area contributed by atoms with Crippen LogP contribution in [0, 0.1) is 0 Å². The highest BCUT2D eigenvalue weighted by Gasteiger charge is 2.29. The number of rotatable bonds is 7. The minimum atomic E-state index is -0.262. The molecule has 0 spiro atoms. The third kappa shape index (κ3) is 4.52. The Hall–Kier alpha value is -0.130. The summed E-state index contributed by atoms with van der Waals surface area (Å²) in [7, 11) is 0. The molecule has 0 aromatic rings. The molecule has 0 radical (unpaired) electrons. The average Bonchev–Trinajstić information content (AvgIpc) is 2.84. The van der Waals surface area contributed by atoms with Gasteiger partial charge in [-0.25, -0.2) is 0 Å². The van der Waals surface area contributed by atoms with Crippen molar-refractivity contribution in [2.75, 3.05) is 19.7 Å². The van der Waals surface area contributed by atoms with Gasteiger partial charge in [0.2, 0.25) is 5.91 Å². The number of hydrogen-bond donors (Lipinski definition) is 0. The van der Waals surface area contributed by atoms with Crippen LogP contribution in [0.15, 0.2) is 0 Å². The molecule has 3 unspecified atom stereocenters. The molecule has 5 heteroatoms. The van der Waals surface area contributed by atoms with Crippen molar-refractivity contribution in [3.8, 4) is 0 Å². The van der Waals surface area contributed by atoms with Gasteiger partial charge in [0.25, 0.3) is 0 Å². The standard InChI is InChI=1S/C13H24BrNO3/c1-4-7-15(13(16)11(14)6-3)8-12-17-9-10(5-2)18-12/h10-12H,4-9H2,1-3H3. The number of halogens is 1. The van der Waals surface area contributed by atoms with Crippen LogP contribution in [0.4, 0.5) is 0 Å². The van der Waals surface area contributed by atoms with Gasteiger partial charge in [0.1, 0.15) is 0 Å². The Balaban J connectivity index is 2.50. The second kappa shape index (κ2) is 8.12. The predicted molar refractivity (Wildman–Crippen MR) is 74.8 cm³/mol. The fraction of sp³-hybridized carbons (Fsp3) is 0.923. The van der Waals surface area contributed by atoms with E-state index in [1.54, 1.807) is 0 Å². The van der Waals surface area contributed by atoms with Crippen molar-refractivity contribution in [2.24, 2.45) is 0 Å². The van der Waals surface area contributed by atoms with Gasteiger partial charge >= 0.3 is 0 Å².